The molecule has 4 nitrogen and oxygen atoms in total. The highest BCUT2D eigenvalue weighted by Crippen LogP contribution is 2.28. The van der Waals surface area contributed by atoms with E-state index in [0.29, 0.717) is 15.7 Å². The minimum atomic E-state index is -0.385. The first-order chi connectivity index (χ1) is 11.1. The first-order valence-electron chi connectivity index (χ1n) is 6.94. The average Bonchev–Trinajstić information content (AvgIpc) is 2.97. The van der Waals surface area contributed by atoms with Crippen LogP contribution in [0.25, 0.3) is 11.3 Å². The molecular formula is C17H13ClN2O2S. The van der Waals surface area contributed by atoms with Gasteiger partial charge < -0.3 is 4.74 Å². The molecule has 0 fully saturated rings. The van der Waals surface area contributed by atoms with Crippen LogP contribution in [0.3, 0.4) is 0 Å². The maximum absolute atomic E-state index is 12.4. The van der Waals surface area contributed by atoms with Gasteiger partial charge in [-0.15, -0.1) is 11.3 Å². The smallest absolute Gasteiger partial charge is 0.350 e. The SMILES string of the molecule is Cc1nc(-c2ccccc2)c(C(=O)OCc2ccc(Cl)nc2)s1. The van der Waals surface area contributed by atoms with Gasteiger partial charge in [-0.2, -0.15) is 0 Å². The van der Waals surface area contributed by atoms with E-state index in [1.165, 1.54) is 11.3 Å². The number of benzene rings is 1. The van der Waals surface area contributed by atoms with Gasteiger partial charge in [-0.3, -0.25) is 0 Å². The molecule has 0 atom stereocenters. The number of halogens is 1. The summed E-state index contributed by atoms with van der Waals surface area (Å²) < 4.78 is 5.38. The second-order valence-electron chi connectivity index (χ2n) is 4.84. The normalized spacial score (nSPS) is 10.5. The fourth-order valence-corrected chi connectivity index (χ4v) is 3.01. The lowest BCUT2D eigenvalue weighted by atomic mass is 10.1. The molecule has 6 heteroatoms. The highest BCUT2D eigenvalue weighted by molar-refractivity contribution is 7.14. The topological polar surface area (TPSA) is 52.1 Å². The van der Waals surface area contributed by atoms with E-state index in [0.717, 1.165) is 16.1 Å². The zero-order valence-corrected chi connectivity index (χ0v) is 13.9. The van der Waals surface area contributed by atoms with E-state index in [-0.39, 0.29) is 12.6 Å². The summed E-state index contributed by atoms with van der Waals surface area (Å²) in [4.78, 5) is 21.3. The van der Waals surface area contributed by atoms with Crippen molar-refractivity contribution in [3.05, 3.63) is 69.3 Å². The zero-order chi connectivity index (χ0) is 16.2. The number of pyridine rings is 1. The van der Waals surface area contributed by atoms with Gasteiger partial charge in [0.1, 0.15) is 16.6 Å². The van der Waals surface area contributed by atoms with E-state index >= 15 is 0 Å². The Balaban J connectivity index is 1.79. The summed E-state index contributed by atoms with van der Waals surface area (Å²) in [6, 6.07) is 13.0. The standard InChI is InChI=1S/C17H13ClN2O2S/c1-11-20-15(13-5-3-2-4-6-13)16(23-11)17(21)22-10-12-7-8-14(18)19-9-12/h2-9H,10H2,1H3. The van der Waals surface area contributed by atoms with E-state index in [9.17, 15) is 4.79 Å². The summed E-state index contributed by atoms with van der Waals surface area (Å²) in [6.45, 7) is 2.02. The monoisotopic (exact) mass is 344 g/mol. The van der Waals surface area contributed by atoms with Gasteiger partial charge in [-0.1, -0.05) is 48.0 Å². The summed E-state index contributed by atoms with van der Waals surface area (Å²) in [5.74, 6) is -0.385. The number of nitrogens with zero attached hydrogens (tertiary/aromatic N) is 2. The van der Waals surface area contributed by atoms with Crippen molar-refractivity contribution in [2.24, 2.45) is 0 Å². The van der Waals surface area contributed by atoms with Gasteiger partial charge in [0.2, 0.25) is 0 Å². The van der Waals surface area contributed by atoms with Gasteiger partial charge in [0, 0.05) is 17.3 Å². The summed E-state index contributed by atoms with van der Waals surface area (Å²) in [5, 5.41) is 1.23. The first-order valence-corrected chi connectivity index (χ1v) is 8.13. The second-order valence-corrected chi connectivity index (χ2v) is 6.43. The first kappa shape index (κ1) is 15.6. The lowest BCUT2D eigenvalue weighted by Gasteiger charge is -2.05. The number of aryl methyl sites for hydroxylation is 1. The molecule has 0 saturated carbocycles. The molecule has 116 valence electrons. The number of hydrogen-bond acceptors (Lipinski definition) is 5. The van der Waals surface area contributed by atoms with Crippen LogP contribution in [0, 0.1) is 6.92 Å². The van der Waals surface area contributed by atoms with Crippen LogP contribution in [0.2, 0.25) is 5.15 Å². The predicted octanol–water partition coefficient (Wildman–Crippen LogP) is 4.52. The molecule has 0 saturated heterocycles. The third-order valence-electron chi connectivity index (χ3n) is 3.13. The third kappa shape index (κ3) is 3.75. The number of ether oxygens (including phenoxy) is 1. The zero-order valence-electron chi connectivity index (χ0n) is 12.3. The Morgan fingerprint density at radius 1 is 1.22 bits per heavy atom. The number of hydrogen-bond donors (Lipinski definition) is 0. The summed E-state index contributed by atoms with van der Waals surface area (Å²) in [6.07, 6.45) is 1.59. The molecule has 3 rings (SSSR count). The fraction of sp³-hybridized carbons (Fsp3) is 0.118. The Hall–Kier alpha value is -2.24. The Morgan fingerprint density at radius 3 is 2.70 bits per heavy atom. The van der Waals surface area contributed by atoms with Gasteiger partial charge >= 0.3 is 5.97 Å². The molecule has 2 aromatic heterocycles. The van der Waals surface area contributed by atoms with Crippen molar-refractivity contribution in [3.8, 4) is 11.3 Å². The number of aromatic nitrogens is 2. The van der Waals surface area contributed by atoms with Crippen molar-refractivity contribution < 1.29 is 9.53 Å². The maximum atomic E-state index is 12.4. The van der Waals surface area contributed by atoms with Crippen LogP contribution in [0.5, 0.6) is 0 Å². The van der Waals surface area contributed by atoms with Crippen molar-refractivity contribution in [3.63, 3.8) is 0 Å². The van der Waals surface area contributed by atoms with Crippen LogP contribution in [-0.2, 0) is 11.3 Å². The molecule has 0 aliphatic heterocycles. The number of thiazole rings is 1. The molecule has 0 aliphatic carbocycles. The minimum absolute atomic E-state index is 0.147. The van der Waals surface area contributed by atoms with E-state index in [1.807, 2.05) is 37.3 Å². The molecule has 1 aromatic carbocycles. The van der Waals surface area contributed by atoms with Crippen LogP contribution in [0.15, 0.2) is 48.7 Å². The molecule has 3 aromatic rings. The van der Waals surface area contributed by atoms with Crippen molar-refractivity contribution in [2.75, 3.05) is 0 Å². The summed E-state index contributed by atoms with van der Waals surface area (Å²) >= 11 is 7.07. The number of esters is 1. The number of rotatable bonds is 4. The Morgan fingerprint density at radius 2 is 2.00 bits per heavy atom. The lowest BCUT2D eigenvalue weighted by molar-refractivity contribution is 0.0479. The molecule has 2 heterocycles. The molecular weight excluding hydrogens is 332 g/mol. The lowest BCUT2D eigenvalue weighted by Crippen LogP contribution is -2.05. The van der Waals surface area contributed by atoms with Crippen molar-refractivity contribution in [2.45, 2.75) is 13.5 Å². The van der Waals surface area contributed by atoms with Crippen molar-refractivity contribution in [1.82, 2.24) is 9.97 Å². The van der Waals surface area contributed by atoms with Crippen molar-refractivity contribution in [1.29, 1.82) is 0 Å². The molecule has 23 heavy (non-hydrogen) atoms. The Bertz CT molecular complexity index is 816. The van der Waals surface area contributed by atoms with Gasteiger partial charge in [-0.25, -0.2) is 14.8 Å². The summed E-state index contributed by atoms with van der Waals surface area (Å²) in [5.41, 5.74) is 2.34. The molecule has 0 unspecified atom stereocenters. The van der Waals surface area contributed by atoms with Gasteiger partial charge in [0.25, 0.3) is 0 Å². The molecule has 0 N–H and O–H groups in total. The van der Waals surface area contributed by atoms with E-state index in [4.69, 9.17) is 16.3 Å². The van der Waals surface area contributed by atoms with Crippen LogP contribution >= 0.6 is 22.9 Å². The third-order valence-corrected chi connectivity index (χ3v) is 4.30. The van der Waals surface area contributed by atoms with E-state index in [2.05, 4.69) is 9.97 Å². The van der Waals surface area contributed by atoms with E-state index < -0.39 is 0 Å². The van der Waals surface area contributed by atoms with Gasteiger partial charge in [0.15, 0.2) is 0 Å². The molecule has 0 radical (unpaired) electrons. The predicted molar refractivity (Wildman–Crippen MR) is 90.7 cm³/mol. The van der Waals surface area contributed by atoms with Crippen LogP contribution in [0.1, 0.15) is 20.2 Å². The Kier molecular flexibility index (Phi) is 4.69. The van der Waals surface area contributed by atoms with Gasteiger partial charge in [-0.05, 0) is 13.0 Å². The molecule has 0 bridgehead atoms. The molecule has 0 aliphatic rings. The minimum Gasteiger partial charge on any atom is -0.457 e. The van der Waals surface area contributed by atoms with E-state index in [1.54, 1.807) is 18.3 Å². The number of carbonyl (C=O) groups is 1. The van der Waals surface area contributed by atoms with Crippen LogP contribution in [-0.4, -0.2) is 15.9 Å². The summed E-state index contributed by atoms with van der Waals surface area (Å²) in [7, 11) is 0. The van der Waals surface area contributed by atoms with Crippen molar-refractivity contribution >= 4 is 28.9 Å². The quantitative estimate of drug-likeness (QED) is 0.515. The van der Waals surface area contributed by atoms with Crippen LogP contribution < -0.4 is 0 Å². The molecule has 0 spiro atoms. The maximum Gasteiger partial charge on any atom is 0.350 e. The van der Waals surface area contributed by atoms with Gasteiger partial charge in [0.05, 0.1) is 10.7 Å². The highest BCUT2D eigenvalue weighted by atomic mass is 35.5. The molecule has 0 amide bonds. The second kappa shape index (κ2) is 6.89. The number of carbonyl (C=O) groups excluding carboxylic acids is 1. The average molecular weight is 345 g/mol. The van der Waals surface area contributed by atoms with Crippen LogP contribution in [0.4, 0.5) is 0 Å². The Labute approximate surface area is 142 Å². The largest absolute Gasteiger partial charge is 0.457 e. The fourth-order valence-electron chi connectivity index (χ4n) is 2.06. The highest BCUT2D eigenvalue weighted by Gasteiger charge is 2.19.